The third-order valence-electron chi connectivity index (χ3n) is 4.89. The molecule has 1 amide bonds. The number of fused-ring (bicyclic) bond motifs is 1. The minimum atomic E-state index is -3.19. The Morgan fingerprint density at radius 2 is 2.04 bits per heavy atom. The van der Waals surface area contributed by atoms with Crippen LogP contribution in [0.4, 0.5) is 0 Å². The van der Waals surface area contributed by atoms with Gasteiger partial charge in [0.15, 0.2) is 9.84 Å². The summed E-state index contributed by atoms with van der Waals surface area (Å²) >= 11 is 0. The van der Waals surface area contributed by atoms with E-state index in [1.54, 1.807) is 11.1 Å². The first-order valence-electron chi connectivity index (χ1n) is 8.36. The molecule has 0 aromatic carbocycles. The van der Waals surface area contributed by atoms with Gasteiger partial charge in [0.2, 0.25) is 5.91 Å². The highest BCUT2D eigenvalue weighted by Gasteiger charge is 2.47. The number of piperazine rings is 1. The third-order valence-corrected chi connectivity index (χ3v) is 6.59. The highest BCUT2D eigenvalue weighted by atomic mass is 32.2. The number of hydrogen-bond acceptors (Lipinski definition) is 8. The number of rotatable bonds is 4. The topological polar surface area (TPSA) is 114 Å². The molecule has 2 atom stereocenters. The molecular weight excluding hydrogens is 358 g/mol. The Kier molecular flexibility index (Phi) is 4.41. The molecule has 26 heavy (non-hydrogen) atoms. The molecule has 4 rings (SSSR count). The van der Waals surface area contributed by atoms with Crippen molar-refractivity contribution in [2.24, 2.45) is 0 Å². The number of sulfone groups is 1. The lowest BCUT2D eigenvalue weighted by atomic mass is 10.0. The number of tetrazole rings is 1. The Labute approximate surface area is 150 Å². The predicted molar refractivity (Wildman–Crippen MR) is 90.4 cm³/mol. The predicted octanol–water partition coefficient (Wildman–Crippen LogP) is -1.42. The van der Waals surface area contributed by atoms with Crippen LogP contribution in [-0.4, -0.2) is 86.0 Å². The van der Waals surface area contributed by atoms with Crippen molar-refractivity contribution in [2.45, 2.75) is 25.2 Å². The molecule has 0 spiro atoms. The van der Waals surface area contributed by atoms with Crippen molar-refractivity contribution in [3.63, 3.8) is 0 Å². The molecule has 2 aromatic rings. The summed E-state index contributed by atoms with van der Waals surface area (Å²) in [5, 5.41) is 10.7. The Morgan fingerprint density at radius 3 is 2.77 bits per heavy atom. The molecule has 2 aromatic heterocycles. The molecule has 0 aliphatic carbocycles. The molecule has 2 fully saturated rings. The zero-order valence-electron chi connectivity index (χ0n) is 14.0. The van der Waals surface area contributed by atoms with Gasteiger partial charge in [-0.3, -0.25) is 14.7 Å². The number of carbonyl (C=O) groups is 1. The molecule has 0 saturated carbocycles. The first kappa shape index (κ1) is 17.0. The molecule has 0 radical (unpaired) electrons. The SMILES string of the molecule is O=C(Cn1cnnn1)N1CCN(Cc2ccccn2)[C@@H]2CS(=O)(=O)C[C@@H]21. The molecule has 0 bridgehead atoms. The van der Waals surface area contributed by atoms with Crippen molar-refractivity contribution in [1.29, 1.82) is 0 Å². The Balaban J connectivity index is 1.53. The number of nitrogens with zero attached hydrogens (tertiary/aromatic N) is 7. The maximum Gasteiger partial charge on any atom is 0.244 e. The van der Waals surface area contributed by atoms with E-state index >= 15 is 0 Å². The molecular formula is C15H19N7O3S. The van der Waals surface area contributed by atoms with E-state index in [-0.39, 0.29) is 36.0 Å². The van der Waals surface area contributed by atoms with Crippen LogP contribution in [-0.2, 0) is 27.7 Å². The van der Waals surface area contributed by atoms with Crippen molar-refractivity contribution in [3.05, 3.63) is 36.4 Å². The first-order valence-corrected chi connectivity index (χ1v) is 10.2. The quantitative estimate of drug-likeness (QED) is 0.638. The zero-order valence-corrected chi connectivity index (χ0v) is 14.9. The maximum absolute atomic E-state index is 12.7. The summed E-state index contributed by atoms with van der Waals surface area (Å²) in [6.07, 6.45) is 3.10. The van der Waals surface area contributed by atoms with Crippen LogP contribution in [0.2, 0.25) is 0 Å². The van der Waals surface area contributed by atoms with E-state index in [1.165, 1.54) is 11.0 Å². The number of pyridine rings is 1. The summed E-state index contributed by atoms with van der Waals surface area (Å²) in [5.74, 6) is -0.0986. The largest absolute Gasteiger partial charge is 0.334 e. The van der Waals surface area contributed by atoms with E-state index in [2.05, 4.69) is 25.4 Å². The van der Waals surface area contributed by atoms with E-state index in [0.29, 0.717) is 19.6 Å². The summed E-state index contributed by atoms with van der Waals surface area (Å²) in [4.78, 5) is 20.8. The van der Waals surface area contributed by atoms with Gasteiger partial charge in [0, 0.05) is 31.9 Å². The zero-order chi connectivity index (χ0) is 18.1. The standard InChI is InChI=1S/C15H19N7O3S/c23-15(8-21-11-17-18-19-21)22-6-5-20(7-12-3-1-2-4-16-12)13-9-26(24,25)10-14(13)22/h1-4,11,13-14H,5-10H2/t13-,14+/m1/s1. The van der Waals surface area contributed by atoms with Crippen LogP contribution < -0.4 is 0 Å². The fourth-order valence-corrected chi connectivity index (χ4v) is 5.72. The molecule has 11 heteroatoms. The number of aromatic nitrogens is 5. The van der Waals surface area contributed by atoms with Gasteiger partial charge < -0.3 is 4.90 Å². The molecule has 0 N–H and O–H groups in total. The first-order chi connectivity index (χ1) is 12.5. The van der Waals surface area contributed by atoms with Gasteiger partial charge in [0.1, 0.15) is 12.9 Å². The van der Waals surface area contributed by atoms with Gasteiger partial charge in [-0.25, -0.2) is 13.1 Å². The average molecular weight is 377 g/mol. The van der Waals surface area contributed by atoms with E-state index in [9.17, 15) is 13.2 Å². The van der Waals surface area contributed by atoms with Crippen LogP contribution in [0.25, 0.3) is 0 Å². The van der Waals surface area contributed by atoms with Crippen LogP contribution >= 0.6 is 0 Å². The lowest BCUT2D eigenvalue weighted by Gasteiger charge is -2.43. The summed E-state index contributed by atoms with van der Waals surface area (Å²) in [6.45, 7) is 1.67. The highest BCUT2D eigenvalue weighted by Crippen LogP contribution is 2.28. The third kappa shape index (κ3) is 3.44. The smallest absolute Gasteiger partial charge is 0.244 e. The van der Waals surface area contributed by atoms with Gasteiger partial charge in [0.05, 0.1) is 23.2 Å². The van der Waals surface area contributed by atoms with E-state index in [4.69, 9.17) is 0 Å². The number of carbonyl (C=O) groups excluding carboxylic acids is 1. The molecule has 0 unspecified atom stereocenters. The molecule has 10 nitrogen and oxygen atoms in total. The van der Waals surface area contributed by atoms with Crippen LogP contribution in [0.3, 0.4) is 0 Å². The number of amides is 1. The molecule has 2 aliphatic heterocycles. The van der Waals surface area contributed by atoms with Crippen molar-refractivity contribution in [2.75, 3.05) is 24.6 Å². The van der Waals surface area contributed by atoms with E-state index in [0.717, 1.165) is 5.69 Å². The summed E-state index contributed by atoms with van der Waals surface area (Å²) in [5.41, 5.74) is 0.893. The maximum atomic E-state index is 12.7. The fourth-order valence-electron chi connectivity index (χ4n) is 3.71. The minimum absolute atomic E-state index is 0.00225. The van der Waals surface area contributed by atoms with Crippen molar-refractivity contribution in [3.8, 4) is 0 Å². The van der Waals surface area contributed by atoms with Crippen LogP contribution in [0.15, 0.2) is 30.7 Å². The normalized spacial score (nSPS) is 25.2. The van der Waals surface area contributed by atoms with Gasteiger partial charge in [-0.1, -0.05) is 6.07 Å². The lowest BCUT2D eigenvalue weighted by molar-refractivity contribution is -0.138. The molecule has 4 heterocycles. The van der Waals surface area contributed by atoms with Crippen LogP contribution in [0, 0.1) is 0 Å². The Bertz CT molecular complexity index is 872. The summed E-state index contributed by atoms with van der Waals surface area (Å²) in [7, 11) is -3.19. The van der Waals surface area contributed by atoms with Gasteiger partial charge >= 0.3 is 0 Å². The van der Waals surface area contributed by atoms with Gasteiger partial charge in [-0.2, -0.15) is 0 Å². The van der Waals surface area contributed by atoms with Gasteiger partial charge in [-0.15, -0.1) is 5.10 Å². The molecule has 2 saturated heterocycles. The second-order valence-corrected chi connectivity index (χ2v) is 8.75. The Hall–Kier alpha value is -2.40. The average Bonchev–Trinajstić information content (AvgIpc) is 3.22. The molecule has 138 valence electrons. The second-order valence-electron chi connectivity index (χ2n) is 6.60. The van der Waals surface area contributed by atoms with Gasteiger partial charge in [-0.05, 0) is 22.6 Å². The van der Waals surface area contributed by atoms with Crippen LogP contribution in [0.1, 0.15) is 5.69 Å². The van der Waals surface area contributed by atoms with Gasteiger partial charge in [0.25, 0.3) is 0 Å². The highest BCUT2D eigenvalue weighted by molar-refractivity contribution is 7.91. The van der Waals surface area contributed by atoms with Crippen molar-refractivity contribution in [1.82, 2.24) is 35.0 Å². The fraction of sp³-hybridized carbons (Fsp3) is 0.533. The van der Waals surface area contributed by atoms with Crippen LogP contribution in [0.5, 0.6) is 0 Å². The summed E-state index contributed by atoms with van der Waals surface area (Å²) < 4.78 is 25.9. The molecule has 2 aliphatic rings. The van der Waals surface area contributed by atoms with E-state index in [1.807, 2.05) is 18.2 Å². The lowest BCUT2D eigenvalue weighted by Crippen LogP contribution is -2.60. The summed E-state index contributed by atoms with van der Waals surface area (Å²) in [6, 6.07) is 5.13. The minimum Gasteiger partial charge on any atom is -0.334 e. The van der Waals surface area contributed by atoms with Crippen molar-refractivity contribution >= 4 is 15.7 Å². The van der Waals surface area contributed by atoms with E-state index < -0.39 is 9.84 Å². The second kappa shape index (κ2) is 6.72. The Morgan fingerprint density at radius 1 is 1.19 bits per heavy atom. The number of hydrogen-bond donors (Lipinski definition) is 0. The van der Waals surface area contributed by atoms with Crippen molar-refractivity contribution < 1.29 is 13.2 Å². The monoisotopic (exact) mass is 377 g/mol.